The molecule has 7 heteroatoms. The van der Waals surface area contributed by atoms with Crippen molar-refractivity contribution in [1.82, 2.24) is 4.98 Å². The Hall–Kier alpha value is -2.12. The molecule has 0 fully saturated rings. The summed E-state index contributed by atoms with van der Waals surface area (Å²) in [5, 5.41) is 5.19. The lowest BCUT2D eigenvalue weighted by Gasteiger charge is -2.09. The van der Waals surface area contributed by atoms with Gasteiger partial charge in [-0.1, -0.05) is 12.1 Å². The van der Waals surface area contributed by atoms with E-state index in [0.717, 1.165) is 21.8 Å². The van der Waals surface area contributed by atoms with Crippen molar-refractivity contribution in [2.45, 2.75) is 18.4 Å². The van der Waals surface area contributed by atoms with Crippen LogP contribution in [0.3, 0.4) is 0 Å². The lowest BCUT2D eigenvalue weighted by atomic mass is 10.2. The second-order valence-corrected chi connectivity index (χ2v) is 8.19. The van der Waals surface area contributed by atoms with E-state index in [1.54, 1.807) is 35.8 Å². The number of aryl methyl sites for hydroxylation is 1. The van der Waals surface area contributed by atoms with E-state index in [1.807, 2.05) is 24.4 Å². The molecule has 0 atom stereocenters. The minimum Gasteiger partial charge on any atom is -0.443 e. The highest BCUT2D eigenvalue weighted by molar-refractivity contribution is 7.90. The van der Waals surface area contributed by atoms with E-state index >= 15 is 0 Å². The lowest BCUT2D eigenvalue weighted by Crippen LogP contribution is -2.04. The molecule has 2 heterocycles. The lowest BCUT2D eigenvalue weighted by molar-refractivity contribution is 0.574. The maximum atomic E-state index is 11.7. The van der Waals surface area contributed by atoms with Crippen molar-refractivity contribution in [2.24, 2.45) is 0 Å². The topological polar surface area (TPSA) is 72.2 Å². The monoisotopic (exact) mass is 348 g/mol. The van der Waals surface area contributed by atoms with Gasteiger partial charge in [-0.05, 0) is 36.1 Å². The van der Waals surface area contributed by atoms with E-state index in [-0.39, 0.29) is 0 Å². The molecule has 2 aromatic heterocycles. The van der Waals surface area contributed by atoms with Crippen LogP contribution in [0.25, 0.3) is 10.8 Å². The summed E-state index contributed by atoms with van der Waals surface area (Å²) in [5.74, 6) is 0.596. The molecule has 0 amide bonds. The molecule has 23 heavy (non-hydrogen) atoms. The van der Waals surface area contributed by atoms with Crippen molar-refractivity contribution >= 4 is 26.9 Å². The average molecular weight is 348 g/mol. The van der Waals surface area contributed by atoms with Crippen molar-refractivity contribution in [3.05, 3.63) is 53.2 Å². The highest BCUT2D eigenvalue weighted by atomic mass is 32.2. The summed E-state index contributed by atoms with van der Waals surface area (Å²) in [4.78, 5) is 5.71. The van der Waals surface area contributed by atoms with Crippen LogP contribution < -0.4 is 5.32 Å². The molecule has 0 bridgehead atoms. The van der Waals surface area contributed by atoms with Gasteiger partial charge in [-0.2, -0.15) is 0 Å². The van der Waals surface area contributed by atoms with Gasteiger partial charge in [0, 0.05) is 11.9 Å². The average Bonchev–Trinajstić information content (AvgIpc) is 3.16. The highest BCUT2D eigenvalue weighted by Crippen LogP contribution is 2.25. The summed E-state index contributed by atoms with van der Waals surface area (Å²) in [5.41, 5.74) is 2.51. The number of hydrogen-bond acceptors (Lipinski definition) is 6. The molecular formula is C16H16N2O3S2. The largest absolute Gasteiger partial charge is 0.443 e. The molecule has 0 aliphatic heterocycles. The number of aromatic nitrogens is 1. The van der Waals surface area contributed by atoms with Crippen LogP contribution in [0.1, 0.15) is 11.3 Å². The quantitative estimate of drug-likeness (QED) is 0.761. The van der Waals surface area contributed by atoms with Gasteiger partial charge in [0.25, 0.3) is 0 Å². The minimum absolute atomic E-state index is 0.296. The van der Waals surface area contributed by atoms with E-state index in [1.165, 1.54) is 6.26 Å². The zero-order valence-electron chi connectivity index (χ0n) is 12.7. The number of nitrogens with one attached hydrogen (secondary N) is 1. The fraction of sp³-hybridized carbons (Fsp3) is 0.188. The Morgan fingerprint density at radius 3 is 2.83 bits per heavy atom. The molecule has 1 aromatic carbocycles. The summed E-state index contributed by atoms with van der Waals surface area (Å²) in [7, 11) is -3.22. The summed E-state index contributed by atoms with van der Waals surface area (Å²) in [6.45, 7) is 2.39. The molecule has 3 aromatic rings. The van der Waals surface area contributed by atoms with Gasteiger partial charge >= 0.3 is 0 Å². The zero-order chi connectivity index (χ0) is 16.4. The number of benzene rings is 1. The van der Waals surface area contributed by atoms with Crippen LogP contribution >= 0.6 is 11.3 Å². The molecule has 0 unspecified atom stereocenters. The molecule has 0 spiro atoms. The number of sulfone groups is 1. The Balaban J connectivity index is 1.76. The molecule has 0 aliphatic rings. The number of oxazole rings is 1. The van der Waals surface area contributed by atoms with Gasteiger partial charge in [-0.3, -0.25) is 0 Å². The Labute approximate surface area is 138 Å². The van der Waals surface area contributed by atoms with Crippen LogP contribution in [-0.4, -0.2) is 19.7 Å². The number of thiophene rings is 1. The van der Waals surface area contributed by atoms with E-state index in [4.69, 9.17) is 4.42 Å². The number of nitrogens with zero attached hydrogens (tertiary/aromatic N) is 1. The van der Waals surface area contributed by atoms with Crippen LogP contribution in [-0.2, 0) is 16.4 Å². The number of rotatable bonds is 5. The van der Waals surface area contributed by atoms with Crippen molar-refractivity contribution in [2.75, 3.05) is 11.6 Å². The third-order valence-electron chi connectivity index (χ3n) is 3.38. The van der Waals surface area contributed by atoms with Gasteiger partial charge in [0.1, 0.15) is 6.26 Å². The maximum Gasteiger partial charge on any atom is 0.236 e. The molecular weight excluding hydrogens is 332 g/mol. The summed E-state index contributed by atoms with van der Waals surface area (Å²) in [6.07, 6.45) is 2.81. The van der Waals surface area contributed by atoms with E-state index in [9.17, 15) is 8.42 Å². The van der Waals surface area contributed by atoms with Gasteiger partial charge in [-0.25, -0.2) is 13.4 Å². The van der Waals surface area contributed by atoms with Gasteiger partial charge in [0.05, 0.1) is 22.0 Å². The highest BCUT2D eigenvalue weighted by Gasteiger charge is 2.11. The van der Waals surface area contributed by atoms with Crippen LogP contribution in [0.2, 0.25) is 0 Å². The Morgan fingerprint density at radius 2 is 2.13 bits per heavy atom. The van der Waals surface area contributed by atoms with Crippen LogP contribution in [0.5, 0.6) is 0 Å². The molecule has 3 rings (SSSR count). The Bertz CT molecular complexity index is 913. The first-order valence-corrected chi connectivity index (χ1v) is 9.73. The van der Waals surface area contributed by atoms with E-state index < -0.39 is 9.84 Å². The number of hydrogen-bond donors (Lipinski definition) is 1. The maximum absolute atomic E-state index is 11.7. The summed E-state index contributed by atoms with van der Waals surface area (Å²) in [6, 6.07) is 8.94. The van der Waals surface area contributed by atoms with Crippen LogP contribution in [0.4, 0.5) is 5.69 Å². The third-order valence-corrected chi connectivity index (χ3v) is 5.35. The molecule has 1 N–H and O–H groups in total. The SMILES string of the molecule is Cc1ccc(S(C)(=O)=O)cc1NCc1coc(-c2cccs2)n1. The molecule has 0 saturated carbocycles. The van der Waals surface area contributed by atoms with Crippen LogP contribution in [0, 0.1) is 6.92 Å². The van der Waals surface area contributed by atoms with Gasteiger partial charge in [0.2, 0.25) is 5.89 Å². The van der Waals surface area contributed by atoms with Crippen LogP contribution in [0.15, 0.2) is 51.3 Å². The number of anilines is 1. The zero-order valence-corrected chi connectivity index (χ0v) is 14.4. The molecule has 120 valence electrons. The van der Waals surface area contributed by atoms with E-state index in [2.05, 4.69) is 10.3 Å². The van der Waals surface area contributed by atoms with Crippen molar-refractivity contribution in [1.29, 1.82) is 0 Å². The second kappa shape index (κ2) is 6.17. The van der Waals surface area contributed by atoms with E-state index in [0.29, 0.717) is 17.3 Å². The third kappa shape index (κ3) is 3.62. The van der Waals surface area contributed by atoms with Crippen molar-refractivity contribution in [3.63, 3.8) is 0 Å². The predicted octanol–water partition coefficient (Wildman–Crippen LogP) is 3.73. The van der Waals surface area contributed by atoms with Gasteiger partial charge in [0.15, 0.2) is 9.84 Å². The fourth-order valence-electron chi connectivity index (χ4n) is 2.11. The fourth-order valence-corrected chi connectivity index (χ4v) is 3.41. The molecule has 5 nitrogen and oxygen atoms in total. The smallest absolute Gasteiger partial charge is 0.236 e. The normalized spacial score (nSPS) is 11.6. The first-order chi connectivity index (χ1) is 10.9. The Morgan fingerprint density at radius 1 is 1.30 bits per heavy atom. The Kier molecular flexibility index (Phi) is 4.23. The second-order valence-electron chi connectivity index (χ2n) is 5.22. The van der Waals surface area contributed by atoms with Crippen molar-refractivity contribution < 1.29 is 12.8 Å². The van der Waals surface area contributed by atoms with Crippen molar-refractivity contribution in [3.8, 4) is 10.8 Å². The first kappa shape index (κ1) is 15.8. The summed E-state index contributed by atoms with van der Waals surface area (Å²) >= 11 is 1.57. The first-order valence-electron chi connectivity index (χ1n) is 6.96. The standard InChI is InChI=1S/C16H16N2O3S2/c1-11-5-6-13(23(2,19)20)8-14(11)17-9-12-10-21-16(18-12)15-4-3-7-22-15/h3-8,10,17H,9H2,1-2H3. The minimum atomic E-state index is -3.22. The molecule has 0 aliphatic carbocycles. The molecule has 0 saturated heterocycles. The predicted molar refractivity (Wildman–Crippen MR) is 91.4 cm³/mol. The van der Waals surface area contributed by atoms with Gasteiger partial charge < -0.3 is 9.73 Å². The molecule has 0 radical (unpaired) electrons. The van der Waals surface area contributed by atoms with Gasteiger partial charge in [-0.15, -0.1) is 11.3 Å². The summed E-state index contributed by atoms with van der Waals surface area (Å²) < 4.78 is 28.8.